The third-order valence-electron chi connectivity index (χ3n) is 4.86. The maximum atomic E-state index is 12.9. The second-order valence-electron chi connectivity index (χ2n) is 7.06. The monoisotopic (exact) mass is 458 g/mol. The zero-order valence-electron chi connectivity index (χ0n) is 17.8. The first-order valence-corrected chi connectivity index (χ1v) is 10.9. The summed E-state index contributed by atoms with van der Waals surface area (Å²) in [5, 5.41) is 25.8. The van der Waals surface area contributed by atoms with E-state index < -0.39 is 11.7 Å². The summed E-state index contributed by atoms with van der Waals surface area (Å²) in [7, 11) is 1.54. The zero-order valence-corrected chi connectivity index (χ0v) is 18.6. The van der Waals surface area contributed by atoms with Crippen LogP contribution in [0.2, 0.25) is 0 Å². The van der Waals surface area contributed by atoms with E-state index in [4.69, 9.17) is 9.26 Å². The number of benzene rings is 2. The van der Waals surface area contributed by atoms with Crippen molar-refractivity contribution in [2.75, 3.05) is 12.9 Å². The minimum atomic E-state index is -0.835. The SMILES string of the molecule is COc1ccc(-[n+]2noc([O-])c2C(=O)CSc2nc(-c3ccc(C)cc3)ccc2C#N)cc1. The van der Waals surface area contributed by atoms with Gasteiger partial charge in [0.15, 0.2) is 5.95 Å². The van der Waals surface area contributed by atoms with Crippen molar-refractivity contribution >= 4 is 17.5 Å². The van der Waals surface area contributed by atoms with E-state index in [0.717, 1.165) is 27.6 Å². The van der Waals surface area contributed by atoms with Crippen molar-refractivity contribution in [2.45, 2.75) is 11.9 Å². The van der Waals surface area contributed by atoms with Gasteiger partial charge in [0.05, 0.1) is 29.4 Å². The van der Waals surface area contributed by atoms with E-state index in [1.807, 2.05) is 31.2 Å². The summed E-state index contributed by atoms with van der Waals surface area (Å²) >= 11 is 1.08. The molecule has 2 aromatic carbocycles. The first kappa shape index (κ1) is 22.0. The Morgan fingerprint density at radius 1 is 1.15 bits per heavy atom. The Morgan fingerprint density at radius 2 is 1.88 bits per heavy atom. The number of hydrogen-bond acceptors (Lipinski definition) is 8. The average molecular weight is 458 g/mol. The van der Waals surface area contributed by atoms with Crippen molar-refractivity contribution in [3.63, 3.8) is 0 Å². The molecule has 0 fully saturated rings. The van der Waals surface area contributed by atoms with Crippen molar-refractivity contribution in [3.8, 4) is 34.7 Å². The van der Waals surface area contributed by atoms with E-state index in [1.165, 1.54) is 7.11 Å². The molecule has 9 heteroatoms. The molecule has 164 valence electrons. The third kappa shape index (κ3) is 4.71. The number of nitrogens with zero attached hydrogens (tertiary/aromatic N) is 4. The molecule has 0 amide bonds. The summed E-state index contributed by atoms with van der Waals surface area (Å²) in [6.45, 7) is 2.00. The number of carbonyl (C=O) groups is 1. The van der Waals surface area contributed by atoms with E-state index in [-0.39, 0.29) is 11.4 Å². The molecule has 4 aromatic rings. The number of nitriles is 1. The Balaban J connectivity index is 1.58. The molecule has 2 heterocycles. The molecule has 0 aliphatic rings. The molecule has 0 N–H and O–H groups in total. The number of aromatic nitrogens is 3. The second kappa shape index (κ2) is 9.54. The van der Waals surface area contributed by atoms with Crippen LogP contribution in [0.3, 0.4) is 0 Å². The van der Waals surface area contributed by atoms with Gasteiger partial charge in [-0.2, -0.15) is 5.26 Å². The van der Waals surface area contributed by atoms with Crippen LogP contribution in [-0.4, -0.2) is 28.9 Å². The maximum Gasteiger partial charge on any atom is 0.307 e. The highest BCUT2D eigenvalue weighted by molar-refractivity contribution is 8.00. The molecule has 0 unspecified atom stereocenters. The molecule has 33 heavy (non-hydrogen) atoms. The number of hydrogen-bond donors (Lipinski definition) is 0. The van der Waals surface area contributed by atoms with Crippen LogP contribution in [0.5, 0.6) is 11.7 Å². The summed E-state index contributed by atoms with van der Waals surface area (Å²) < 4.78 is 11.0. The quantitative estimate of drug-likeness (QED) is 0.235. The largest absolute Gasteiger partial charge is 0.539 e. The topological polar surface area (TPSA) is 116 Å². The Hall–Kier alpha value is -4.16. The lowest BCUT2D eigenvalue weighted by Gasteiger charge is -2.06. The molecule has 0 aliphatic carbocycles. The van der Waals surface area contributed by atoms with Crippen molar-refractivity contribution < 1.29 is 23.8 Å². The first-order chi connectivity index (χ1) is 16.0. The lowest BCUT2D eigenvalue weighted by Crippen LogP contribution is -2.39. The van der Waals surface area contributed by atoms with Gasteiger partial charge in [0.1, 0.15) is 16.8 Å². The van der Waals surface area contributed by atoms with Crippen molar-refractivity contribution in [1.82, 2.24) is 10.3 Å². The lowest BCUT2D eigenvalue weighted by molar-refractivity contribution is -0.672. The van der Waals surface area contributed by atoms with Gasteiger partial charge in [-0.05, 0) is 35.9 Å². The molecule has 0 atom stereocenters. The van der Waals surface area contributed by atoms with Gasteiger partial charge in [-0.3, -0.25) is 4.79 Å². The van der Waals surface area contributed by atoms with Gasteiger partial charge in [-0.15, -0.1) is 0 Å². The highest BCUT2D eigenvalue weighted by atomic mass is 32.2. The number of ether oxygens (including phenoxy) is 1. The van der Waals surface area contributed by atoms with E-state index >= 15 is 0 Å². The summed E-state index contributed by atoms with van der Waals surface area (Å²) in [4.78, 5) is 17.5. The lowest BCUT2D eigenvalue weighted by atomic mass is 10.1. The molecule has 0 radical (unpaired) electrons. The molecule has 0 saturated heterocycles. The predicted molar refractivity (Wildman–Crippen MR) is 118 cm³/mol. The molecule has 0 aliphatic heterocycles. The molecule has 0 bridgehead atoms. The standard InChI is InChI=1S/C24H18N4O4S/c1-15-3-5-16(6-4-15)20-12-7-17(13-25)23(26-20)33-14-21(29)22-24(30)32-27-28(22)18-8-10-19(31-2)11-9-18/h3-12H,14H2,1-2H3. The number of Topliss-reactive ketones (excluding diaryl/α,β-unsaturated/α-hetero) is 1. The number of pyridine rings is 1. The highest BCUT2D eigenvalue weighted by Crippen LogP contribution is 2.27. The van der Waals surface area contributed by atoms with E-state index in [2.05, 4.69) is 16.3 Å². The van der Waals surface area contributed by atoms with Crippen LogP contribution in [-0.2, 0) is 0 Å². The second-order valence-corrected chi connectivity index (χ2v) is 8.02. The Kier molecular flexibility index (Phi) is 6.38. The van der Waals surface area contributed by atoms with Crippen LogP contribution < -0.4 is 14.5 Å². The molecule has 2 aromatic heterocycles. The number of ketones is 1. The molecule has 4 rings (SSSR count). The smallest absolute Gasteiger partial charge is 0.307 e. The van der Waals surface area contributed by atoms with Crippen molar-refractivity contribution in [2.24, 2.45) is 0 Å². The summed E-state index contributed by atoms with van der Waals surface area (Å²) in [5.74, 6) is -0.824. The summed E-state index contributed by atoms with van der Waals surface area (Å²) in [6.07, 6.45) is 0. The minimum Gasteiger partial charge on any atom is -0.539 e. The number of carbonyl (C=O) groups excluding carboxylic acids is 1. The minimum absolute atomic E-state index is 0.119. The van der Waals surface area contributed by atoms with E-state index in [1.54, 1.807) is 36.4 Å². The predicted octanol–water partition coefficient (Wildman–Crippen LogP) is 3.25. The normalized spacial score (nSPS) is 10.6. The molecule has 8 nitrogen and oxygen atoms in total. The number of thioether (sulfide) groups is 1. The van der Waals surface area contributed by atoms with Gasteiger partial charge < -0.3 is 14.4 Å². The number of rotatable bonds is 7. The third-order valence-corrected chi connectivity index (χ3v) is 5.85. The molecular weight excluding hydrogens is 440 g/mol. The van der Waals surface area contributed by atoms with E-state index in [9.17, 15) is 15.2 Å². The van der Waals surface area contributed by atoms with Gasteiger partial charge in [-0.25, -0.2) is 4.98 Å². The summed E-state index contributed by atoms with van der Waals surface area (Å²) in [5.41, 5.74) is 3.33. The van der Waals surface area contributed by atoms with Crippen LogP contribution in [0.4, 0.5) is 0 Å². The van der Waals surface area contributed by atoms with Gasteiger partial charge in [-0.1, -0.05) is 41.6 Å². The highest BCUT2D eigenvalue weighted by Gasteiger charge is 2.28. The fourth-order valence-corrected chi connectivity index (χ4v) is 3.94. The molecular formula is C24H18N4O4S. The van der Waals surface area contributed by atoms with Gasteiger partial charge in [0.2, 0.25) is 11.5 Å². The molecule has 0 spiro atoms. The van der Waals surface area contributed by atoms with Gasteiger partial charge in [0.25, 0.3) is 0 Å². The zero-order chi connectivity index (χ0) is 23.4. The van der Waals surface area contributed by atoms with Crippen LogP contribution in [0.25, 0.3) is 16.9 Å². The average Bonchev–Trinajstić information content (AvgIpc) is 3.24. The molecule has 0 saturated carbocycles. The summed E-state index contributed by atoms with van der Waals surface area (Å²) in [6, 6.07) is 20.1. The Bertz CT molecular complexity index is 1340. The van der Waals surface area contributed by atoms with Gasteiger partial charge >= 0.3 is 5.69 Å². The van der Waals surface area contributed by atoms with Crippen LogP contribution >= 0.6 is 11.8 Å². The Labute approximate surface area is 194 Å². The first-order valence-electron chi connectivity index (χ1n) is 9.88. The van der Waals surface area contributed by atoms with Crippen molar-refractivity contribution in [3.05, 3.63) is 77.5 Å². The maximum absolute atomic E-state index is 12.9. The van der Waals surface area contributed by atoms with Gasteiger partial charge in [0, 0.05) is 17.7 Å². The van der Waals surface area contributed by atoms with Crippen LogP contribution in [0.15, 0.2) is 70.2 Å². The fraction of sp³-hybridized carbons (Fsp3) is 0.125. The number of aryl methyl sites for hydroxylation is 1. The Morgan fingerprint density at radius 3 is 2.55 bits per heavy atom. The van der Waals surface area contributed by atoms with Crippen LogP contribution in [0, 0.1) is 18.3 Å². The van der Waals surface area contributed by atoms with E-state index in [0.29, 0.717) is 27.7 Å². The number of methoxy groups -OCH3 is 1. The fourth-order valence-electron chi connectivity index (χ4n) is 3.10. The van der Waals surface area contributed by atoms with Crippen LogP contribution in [0.1, 0.15) is 21.6 Å². The van der Waals surface area contributed by atoms with Crippen molar-refractivity contribution in [1.29, 1.82) is 5.26 Å².